The molecule has 0 spiro atoms. The summed E-state index contributed by atoms with van der Waals surface area (Å²) in [4.78, 5) is 11.1. The van der Waals surface area contributed by atoms with E-state index in [1.54, 1.807) is 19.2 Å². The predicted molar refractivity (Wildman–Crippen MR) is 134 cm³/mol. The Kier molecular flexibility index (Phi) is 7.22. The Bertz CT molecular complexity index is 1190. The first-order chi connectivity index (χ1) is 17.0. The molecule has 186 valence electrons. The number of halogens is 2. The quantitative estimate of drug-likeness (QED) is 0.474. The highest BCUT2D eigenvalue weighted by molar-refractivity contribution is 6.31. The lowest BCUT2D eigenvalue weighted by atomic mass is 9.90. The predicted octanol–water partition coefficient (Wildman–Crippen LogP) is 5.32. The molecule has 2 aliphatic rings. The maximum absolute atomic E-state index is 14.5. The van der Waals surface area contributed by atoms with E-state index in [0.717, 1.165) is 51.6 Å². The molecule has 0 amide bonds. The monoisotopic (exact) mass is 500 g/mol. The molecule has 2 heterocycles. The van der Waals surface area contributed by atoms with Crippen LogP contribution in [0, 0.1) is 5.82 Å². The number of ether oxygens (including phenoxy) is 2. The SMILES string of the molecule is COc1cc2ncnc(Nc3cccc(Cl)c3F)c2cc1O[C@H]1CC[C@H](N2CCCC(O)C2)CC1. The number of anilines is 2. The summed E-state index contributed by atoms with van der Waals surface area (Å²) in [7, 11) is 1.61. The van der Waals surface area contributed by atoms with Crippen molar-refractivity contribution in [3.05, 3.63) is 47.5 Å². The highest BCUT2D eigenvalue weighted by Crippen LogP contribution is 2.38. The number of hydrogen-bond donors (Lipinski definition) is 2. The molecule has 1 atom stereocenters. The van der Waals surface area contributed by atoms with E-state index in [4.69, 9.17) is 21.1 Å². The van der Waals surface area contributed by atoms with Crippen LogP contribution in [0.25, 0.3) is 10.9 Å². The Labute approximate surface area is 209 Å². The standard InChI is InChI=1S/C26H30ClFN4O3/c1-34-23-13-22-19(26(30-15-29-22)31-21-6-2-5-20(27)25(21)28)12-24(23)35-18-9-7-16(8-10-18)32-11-3-4-17(33)14-32/h2,5-6,12-13,15-18,33H,3-4,7-11,14H2,1H3,(H,29,30,31)/t16-,17?,18-. The number of hydrogen-bond acceptors (Lipinski definition) is 7. The molecule has 5 rings (SSSR count). The Hall–Kier alpha value is -2.68. The molecule has 1 aliphatic heterocycles. The van der Waals surface area contributed by atoms with Crippen LogP contribution >= 0.6 is 11.6 Å². The minimum atomic E-state index is -0.538. The fourth-order valence-electron chi connectivity index (χ4n) is 5.17. The second kappa shape index (κ2) is 10.5. The van der Waals surface area contributed by atoms with E-state index in [0.29, 0.717) is 34.3 Å². The lowest BCUT2D eigenvalue weighted by molar-refractivity contribution is 0.0217. The van der Waals surface area contributed by atoms with Gasteiger partial charge in [-0.05, 0) is 63.3 Å². The average molecular weight is 501 g/mol. The Balaban J connectivity index is 1.34. The van der Waals surface area contributed by atoms with Gasteiger partial charge in [0.15, 0.2) is 17.3 Å². The van der Waals surface area contributed by atoms with Gasteiger partial charge in [0.1, 0.15) is 12.1 Å². The molecule has 1 aromatic heterocycles. The topological polar surface area (TPSA) is 79.7 Å². The first-order valence-corrected chi connectivity index (χ1v) is 12.5. The third-order valence-corrected chi connectivity index (χ3v) is 7.30. The van der Waals surface area contributed by atoms with E-state index in [1.807, 2.05) is 12.1 Å². The number of likely N-dealkylation sites (tertiary alicyclic amines) is 1. The summed E-state index contributed by atoms with van der Waals surface area (Å²) in [6.45, 7) is 1.84. The van der Waals surface area contributed by atoms with Gasteiger partial charge in [-0.1, -0.05) is 17.7 Å². The molecular weight excluding hydrogens is 471 g/mol. The van der Waals surface area contributed by atoms with Crippen molar-refractivity contribution in [2.24, 2.45) is 0 Å². The number of aromatic nitrogens is 2. The number of aliphatic hydroxyl groups is 1. The van der Waals surface area contributed by atoms with Crippen LogP contribution in [0.3, 0.4) is 0 Å². The molecular formula is C26H30ClFN4O3. The molecule has 2 aromatic carbocycles. The van der Waals surface area contributed by atoms with Gasteiger partial charge in [-0.3, -0.25) is 4.90 Å². The number of piperidine rings is 1. The number of rotatable bonds is 6. The van der Waals surface area contributed by atoms with Crippen molar-refractivity contribution < 1.29 is 19.0 Å². The van der Waals surface area contributed by atoms with Crippen LogP contribution in [0.15, 0.2) is 36.7 Å². The van der Waals surface area contributed by atoms with Crippen molar-refractivity contribution in [2.45, 2.75) is 56.8 Å². The summed E-state index contributed by atoms with van der Waals surface area (Å²) in [5.74, 6) is 1.12. The summed E-state index contributed by atoms with van der Waals surface area (Å²) in [5.41, 5.74) is 0.887. The number of nitrogens with one attached hydrogen (secondary N) is 1. The largest absolute Gasteiger partial charge is 0.493 e. The van der Waals surface area contributed by atoms with Gasteiger partial charge >= 0.3 is 0 Å². The number of nitrogens with zero attached hydrogens (tertiary/aromatic N) is 3. The molecule has 1 saturated carbocycles. The van der Waals surface area contributed by atoms with E-state index >= 15 is 0 Å². The van der Waals surface area contributed by atoms with Crippen LogP contribution < -0.4 is 14.8 Å². The third kappa shape index (κ3) is 5.29. The van der Waals surface area contributed by atoms with Gasteiger partial charge in [0.05, 0.1) is 35.5 Å². The average Bonchev–Trinajstić information content (AvgIpc) is 2.87. The lowest BCUT2D eigenvalue weighted by Crippen LogP contribution is -2.46. The lowest BCUT2D eigenvalue weighted by Gasteiger charge is -2.40. The molecule has 2 N–H and O–H groups in total. The van der Waals surface area contributed by atoms with Crippen molar-refractivity contribution in [1.82, 2.24) is 14.9 Å². The molecule has 1 saturated heterocycles. The highest BCUT2D eigenvalue weighted by Gasteiger charge is 2.30. The molecule has 0 radical (unpaired) electrons. The van der Waals surface area contributed by atoms with Crippen LogP contribution in [0.4, 0.5) is 15.9 Å². The summed E-state index contributed by atoms with van der Waals surface area (Å²) in [5, 5.41) is 13.8. The number of fused-ring (bicyclic) bond motifs is 1. The molecule has 7 nitrogen and oxygen atoms in total. The van der Waals surface area contributed by atoms with Crippen molar-refractivity contribution in [3.8, 4) is 11.5 Å². The van der Waals surface area contributed by atoms with E-state index in [9.17, 15) is 9.50 Å². The van der Waals surface area contributed by atoms with Crippen LogP contribution in [-0.2, 0) is 0 Å². The fourth-order valence-corrected chi connectivity index (χ4v) is 5.34. The number of benzene rings is 2. The van der Waals surface area contributed by atoms with Gasteiger partial charge in [-0.15, -0.1) is 0 Å². The number of β-amino-alcohol motifs (C(OH)–C–C–N with tert-alkyl or cyclic N) is 1. The van der Waals surface area contributed by atoms with E-state index in [1.165, 1.54) is 12.4 Å². The minimum Gasteiger partial charge on any atom is -0.493 e. The molecule has 1 aliphatic carbocycles. The number of aliphatic hydroxyl groups excluding tert-OH is 1. The van der Waals surface area contributed by atoms with Gasteiger partial charge in [0, 0.05) is 24.0 Å². The van der Waals surface area contributed by atoms with Gasteiger partial charge in [0.25, 0.3) is 0 Å². The van der Waals surface area contributed by atoms with Crippen LogP contribution in [-0.4, -0.2) is 58.4 Å². The summed E-state index contributed by atoms with van der Waals surface area (Å²) in [6, 6.07) is 8.95. The molecule has 35 heavy (non-hydrogen) atoms. The molecule has 0 bridgehead atoms. The maximum atomic E-state index is 14.5. The minimum absolute atomic E-state index is 0.0359. The second-order valence-corrected chi connectivity index (χ2v) is 9.72. The van der Waals surface area contributed by atoms with Gasteiger partial charge in [-0.2, -0.15) is 0 Å². The maximum Gasteiger partial charge on any atom is 0.165 e. The second-order valence-electron chi connectivity index (χ2n) is 9.31. The van der Waals surface area contributed by atoms with E-state index in [-0.39, 0.29) is 22.9 Å². The van der Waals surface area contributed by atoms with E-state index in [2.05, 4.69) is 20.2 Å². The Morgan fingerprint density at radius 3 is 2.71 bits per heavy atom. The molecule has 1 unspecified atom stereocenters. The summed E-state index contributed by atoms with van der Waals surface area (Å²) >= 11 is 5.94. The third-order valence-electron chi connectivity index (χ3n) is 7.01. The Morgan fingerprint density at radius 2 is 1.94 bits per heavy atom. The van der Waals surface area contributed by atoms with E-state index < -0.39 is 5.82 Å². The normalized spacial score (nSPS) is 23.3. The van der Waals surface area contributed by atoms with Gasteiger partial charge < -0.3 is 19.9 Å². The zero-order valence-electron chi connectivity index (χ0n) is 19.7. The zero-order valence-corrected chi connectivity index (χ0v) is 20.5. The Morgan fingerprint density at radius 1 is 1.11 bits per heavy atom. The van der Waals surface area contributed by atoms with Crippen molar-refractivity contribution >= 4 is 34.0 Å². The fraction of sp³-hybridized carbons (Fsp3) is 0.462. The van der Waals surface area contributed by atoms with Crippen LogP contribution in [0.2, 0.25) is 5.02 Å². The van der Waals surface area contributed by atoms with Crippen LogP contribution in [0.5, 0.6) is 11.5 Å². The van der Waals surface area contributed by atoms with Crippen molar-refractivity contribution in [2.75, 3.05) is 25.5 Å². The number of methoxy groups -OCH3 is 1. The van der Waals surface area contributed by atoms with Crippen molar-refractivity contribution in [1.29, 1.82) is 0 Å². The first-order valence-electron chi connectivity index (χ1n) is 12.1. The van der Waals surface area contributed by atoms with Gasteiger partial charge in [0.2, 0.25) is 0 Å². The van der Waals surface area contributed by atoms with Gasteiger partial charge in [-0.25, -0.2) is 14.4 Å². The van der Waals surface area contributed by atoms with Crippen LogP contribution in [0.1, 0.15) is 38.5 Å². The molecule has 3 aromatic rings. The molecule has 9 heteroatoms. The summed E-state index contributed by atoms with van der Waals surface area (Å²) in [6.07, 6.45) is 7.19. The highest BCUT2D eigenvalue weighted by atomic mass is 35.5. The van der Waals surface area contributed by atoms with Crippen molar-refractivity contribution in [3.63, 3.8) is 0 Å². The smallest absolute Gasteiger partial charge is 0.165 e. The molecule has 2 fully saturated rings. The zero-order chi connectivity index (χ0) is 24.4. The summed E-state index contributed by atoms with van der Waals surface area (Å²) < 4.78 is 26.5. The first kappa shape index (κ1) is 24.0.